The number of benzene rings is 1. The number of rotatable bonds is 6. The van der Waals surface area contributed by atoms with Crippen LogP contribution in [0.3, 0.4) is 0 Å². The average molecular weight is 477 g/mol. The molecule has 2 aliphatic heterocycles. The van der Waals surface area contributed by atoms with E-state index in [9.17, 15) is 13.6 Å². The molecule has 0 amide bonds. The molecule has 9 heteroatoms. The van der Waals surface area contributed by atoms with Crippen molar-refractivity contribution in [3.05, 3.63) is 101 Å². The van der Waals surface area contributed by atoms with Crippen molar-refractivity contribution in [1.29, 1.82) is 0 Å². The van der Waals surface area contributed by atoms with Crippen molar-refractivity contribution in [2.75, 3.05) is 6.61 Å². The molecule has 0 saturated carbocycles. The van der Waals surface area contributed by atoms with E-state index in [0.29, 0.717) is 46.8 Å². The SMILES string of the molecule is CCOc1ccc2cc(C3=CNC(=C4CC=CO4)C=C3)c(=O)n(-c3ccc(OC(F)F)cc3)c2n1. The number of aromatic nitrogens is 2. The van der Waals surface area contributed by atoms with E-state index in [0.717, 1.165) is 11.5 Å². The van der Waals surface area contributed by atoms with Gasteiger partial charge in [0.2, 0.25) is 5.88 Å². The lowest BCUT2D eigenvalue weighted by atomic mass is 10.0. The van der Waals surface area contributed by atoms with Gasteiger partial charge in [0.05, 0.1) is 24.3 Å². The van der Waals surface area contributed by atoms with Crippen LogP contribution in [-0.4, -0.2) is 22.8 Å². The Labute approximate surface area is 199 Å². The van der Waals surface area contributed by atoms with Crippen LogP contribution in [0.15, 0.2) is 89.4 Å². The van der Waals surface area contributed by atoms with Crippen LogP contribution in [0.25, 0.3) is 22.3 Å². The van der Waals surface area contributed by atoms with Crippen LogP contribution in [-0.2, 0) is 4.74 Å². The number of allylic oxidation sites excluding steroid dienone is 4. The number of nitrogens with one attached hydrogen (secondary N) is 1. The average Bonchev–Trinajstić information content (AvgIpc) is 3.40. The lowest BCUT2D eigenvalue weighted by molar-refractivity contribution is -0.0498. The molecule has 0 saturated heterocycles. The lowest BCUT2D eigenvalue weighted by Gasteiger charge is -2.17. The van der Waals surface area contributed by atoms with Gasteiger partial charge < -0.3 is 19.5 Å². The van der Waals surface area contributed by atoms with Crippen LogP contribution in [0.4, 0.5) is 8.78 Å². The first-order valence-corrected chi connectivity index (χ1v) is 11.0. The fraction of sp³-hybridized carbons (Fsp3) is 0.154. The van der Waals surface area contributed by atoms with Crippen molar-refractivity contribution >= 4 is 16.6 Å². The number of hydrogen-bond acceptors (Lipinski definition) is 6. The Kier molecular flexibility index (Phi) is 6.05. The second kappa shape index (κ2) is 9.46. The van der Waals surface area contributed by atoms with Gasteiger partial charge in [-0.05, 0) is 55.5 Å². The van der Waals surface area contributed by atoms with E-state index in [1.807, 2.05) is 31.2 Å². The maximum atomic E-state index is 13.7. The Bertz CT molecular complexity index is 1440. The Morgan fingerprint density at radius 2 is 2.00 bits per heavy atom. The summed E-state index contributed by atoms with van der Waals surface area (Å²) >= 11 is 0. The molecule has 0 spiro atoms. The number of nitrogens with zero attached hydrogens (tertiary/aromatic N) is 2. The molecule has 0 radical (unpaired) electrons. The van der Waals surface area contributed by atoms with Gasteiger partial charge in [0, 0.05) is 35.2 Å². The van der Waals surface area contributed by atoms with Crippen molar-refractivity contribution < 1.29 is 23.0 Å². The van der Waals surface area contributed by atoms with Gasteiger partial charge in [-0.3, -0.25) is 9.36 Å². The normalized spacial score (nSPS) is 16.9. The summed E-state index contributed by atoms with van der Waals surface area (Å²) in [6, 6.07) is 11.2. The summed E-state index contributed by atoms with van der Waals surface area (Å²) in [5.74, 6) is 1.16. The zero-order valence-corrected chi connectivity index (χ0v) is 18.7. The quantitative estimate of drug-likeness (QED) is 0.537. The molecular formula is C26H21F2N3O4. The molecule has 4 heterocycles. The van der Waals surface area contributed by atoms with Crippen LogP contribution in [0, 0.1) is 0 Å². The van der Waals surface area contributed by atoms with E-state index in [1.165, 1.54) is 28.8 Å². The molecular weight excluding hydrogens is 456 g/mol. The first-order valence-electron chi connectivity index (χ1n) is 11.0. The molecule has 7 nitrogen and oxygen atoms in total. The summed E-state index contributed by atoms with van der Waals surface area (Å²) in [4.78, 5) is 18.3. The topological polar surface area (TPSA) is 74.6 Å². The Hall–Kier alpha value is -4.40. The standard InChI is InChI=1S/C26H21F2N3O4/c1-2-33-23-12-6-16-14-20(17-5-11-21(29-15-17)22-4-3-13-34-22)25(32)31(24(16)30-23)18-7-9-19(10-8-18)35-26(27)28/h3,5-15,26,29H,2,4H2,1H3. The summed E-state index contributed by atoms with van der Waals surface area (Å²) in [6.07, 6.45) is 9.70. The van der Waals surface area contributed by atoms with Crippen molar-refractivity contribution in [3.63, 3.8) is 0 Å². The third kappa shape index (κ3) is 4.52. The van der Waals surface area contributed by atoms with Gasteiger partial charge in [-0.15, -0.1) is 0 Å². The summed E-state index contributed by atoms with van der Waals surface area (Å²) in [7, 11) is 0. The summed E-state index contributed by atoms with van der Waals surface area (Å²) in [5.41, 5.74) is 2.44. The van der Waals surface area contributed by atoms with E-state index in [4.69, 9.17) is 9.47 Å². The number of pyridine rings is 2. The van der Waals surface area contributed by atoms with Gasteiger partial charge >= 0.3 is 6.61 Å². The maximum absolute atomic E-state index is 13.7. The molecule has 0 aliphatic carbocycles. The molecule has 1 N–H and O–H groups in total. The van der Waals surface area contributed by atoms with Gasteiger partial charge in [-0.25, -0.2) is 0 Å². The highest BCUT2D eigenvalue weighted by Gasteiger charge is 2.18. The molecule has 0 fully saturated rings. The van der Waals surface area contributed by atoms with Crippen LogP contribution < -0.4 is 20.3 Å². The van der Waals surface area contributed by atoms with Crippen molar-refractivity contribution in [1.82, 2.24) is 14.9 Å². The lowest BCUT2D eigenvalue weighted by Crippen LogP contribution is -2.24. The van der Waals surface area contributed by atoms with Gasteiger partial charge in [0.15, 0.2) is 5.65 Å². The second-order valence-corrected chi connectivity index (χ2v) is 7.67. The highest BCUT2D eigenvalue weighted by Crippen LogP contribution is 2.27. The summed E-state index contributed by atoms with van der Waals surface area (Å²) < 4.78 is 42.0. The number of fused-ring (bicyclic) bond motifs is 1. The first-order chi connectivity index (χ1) is 17.0. The van der Waals surface area contributed by atoms with Gasteiger partial charge in [-0.1, -0.05) is 6.08 Å². The van der Waals surface area contributed by atoms with E-state index < -0.39 is 6.61 Å². The second-order valence-electron chi connectivity index (χ2n) is 7.67. The van der Waals surface area contributed by atoms with E-state index in [1.54, 1.807) is 24.6 Å². The minimum absolute atomic E-state index is 0.00784. The molecule has 1 aromatic carbocycles. The number of halogens is 2. The van der Waals surface area contributed by atoms with Crippen molar-refractivity contribution in [2.24, 2.45) is 0 Å². The van der Waals surface area contributed by atoms with Gasteiger partial charge in [0.25, 0.3) is 5.56 Å². The number of dihydropyridines is 1. The molecule has 178 valence electrons. The minimum atomic E-state index is -2.94. The molecule has 0 unspecified atom stereocenters. The zero-order chi connectivity index (χ0) is 24.4. The maximum Gasteiger partial charge on any atom is 0.387 e. The van der Waals surface area contributed by atoms with E-state index in [2.05, 4.69) is 15.0 Å². The third-order valence-electron chi connectivity index (χ3n) is 5.47. The van der Waals surface area contributed by atoms with E-state index >= 15 is 0 Å². The fourth-order valence-corrected chi connectivity index (χ4v) is 3.89. The first kappa shape index (κ1) is 22.4. The highest BCUT2D eigenvalue weighted by molar-refractivity contribution is 5.85. The number of alkyl halides is 2. The molecule has 3 aromatic rings. The molecule has 0 atom stereocenters. The number of hydrogen-bond donors (Lipinski definition) is 1. The number of ether oxygens (including phenoxy) is 3. The molecule has 5 rings (SSSR count). The van der Waals surface area contributed by atoms with Crippen LogP contribution >= 0.6 is 0 Å². The summed E-state index contributed by atoms with van der Waals surface area (Å²) in [6.45, 7) is -0.679. The molecule has 0 bridgehead atoms. The monoisotopic (exact) mass is 477 g/mol. The van der Waals surface area contributed by atoms with E-state index in [-0.39, 0.29) is 11.3 Å². The van der Waals surface area contributed by atoms with Crippen molar-refractivity contribution in [2.45, 2.75) is 20.0 Å². The smallest absolute Gasteiger partial charge is 0.387 e. The van der Waals surface area contributed by atoms with Crippen LogP contribution in [0.1, 0.15) is 18.9 Å². The fourth-order valence-electron chi connectivity index (χ4n) is 3.89. The molecule has 2 aromatic heterocycles. The van der Waals surface area contributed by atoms with Gasteiger partial charge in [-0.2, -0.15) is 13.8 Å². The Morgan fingerprint density at radius 3 is 2.66 bits per heavy atom. The van der Waals surface area contributed by atoms with Gasteiger partial charge in [0.1, 0.15) is 11.5 Å². The van der Waals surface area contributed by atoms with Crippen molar-refractivity contribution in [3.8, 4) is 17.3 Å². The van der Waals surface area contributed by atoms with Crippen LogP contribution in [0.5, 0.6) is 11.6 Å². The van der Waals surface area contributed by atoms with Crippen LogP contribution in [0.2, 0.25) is 0 Å². The predicted octanol–water partition coefficient (Wildman–Crippen LogP) is 5.03. The summed E-state index contributed by atoms with van der Waals surface area (Å²) in [5, 5.41) is 3.90. The third-order valence-corrected chi connectivity index (χ3v) is 5.47. The molecule has 35 heavy (non-hydrogen) atoms. The Morgan fingerprint density at radius 1 is 1.17 bits per heavy atom. The minimum Gasteiger partial charge on any atom is -0.478 e. The zero-order valence-electron chi connectivity index (χ0n) is 18.7. The predicted molar refractivity (Wildman–Crippen MR) is 127 cm³/mol. The molecule has 2 aliphatic rings. The largest absolute Gasteiger partial charge is 0.478 e. The Balaban J connectivity index is 1.62. The highest BCUT2D eigenvalue weighted by atomic mass is 19.3.